The minimum Gasteiger partial charge on any atom is -0.495 e. The highest BCUT2D eigenvalue weighted by molar-refractivity contribution is 5.40. The number of hydrogen-bond donors (Lipinski definition) is 1. The molecule has 2 heterocycles. The zero-order valence-electron chi connectivity index (χ0n) is 12.5. The summed E-state index contributed by atoms with van der Waals surface area (Å²) in [5.41, 5.74) is 1.54. The summed E-state index contributed by atoms with van der Waals surface area (Å²) in [6.07, 6.45) is 4.91. The third-order valence-corrected chi connectivity index (χ3v) is 3.06. The van der Waals surface area contributed by atoms with Gasteiger partial charge in [-0.05, 0) is 13.1 Å². The van der Waals surface area contributed by atoms with Crippen LogP contribution in [0.25, 0.3) is 0 Å². The lowest BCUT2D eigenvalue weighted by Crippen LogP contribution is -2.21. The van der Waals surface area contributed by atoms with Crippen LogP contribution in [0.1, 0.15) is 17.3 Å². The van der Waals surface area contributed by atoms with Gasteiger partial charge in [-0.2, -0.15) is 4.98 Å². The molecule has 0 aliphatic carbocycles. The molecule has 0 spiro atoms. The van der Waals surface area contributed by atoms with E-state index in [0.717, 1.165) is 5.56 Å². The van der Waals surface area contributed by atoms with E-state index in [9.17, 15) is 0 Å². The minimum atomic E-state index is -0.240. The largest absolute Gasteiger partial charge is 0.495 e. The second-order valence-electron chi connectivity index (χ2n) is 4.15. The molecule has 112 valence electrons. The van der Waals surface area contributed by atoms with Crippen molar-refractivity contribution in [2.24, 2.45) is 0 Å². The van der Waals surface area contributed by atoms with E-state index in [2.05, 4.69) is 20.3 Å². The zero-order valence-corrected chi connectivity index (χ0v) is 12.5. The van der Waals surface area contributed by atoms with E-state index in [1.807, 2.05) is 13.1 Å². The fourth-order valence-electron chi connectivity index (χ4n) is 2.05. The summed E-state index contributed by atoms with van der Waals surface area (Å²) in [5.74, 6) is 1.45. The van der Waals surface area contributed by atoms with Crippen molar-refractivity contribution in [2.45, 2.75) is 6.04 Å². The molecule has 21 heavy (non-hydrogen) atoms. The molecule has 0 radical (unpaired) electrons. The van der Waals surface area contributed by atoms with Crippen LogP contribution < -0.4 is 19.5 Å². The Morgan fingerprint density at radius 2 is 1.90 bits per heavy atom. The first kappa shape index (κ1) is 15.0. The Morgan fingerprint density at radius 3 is 2.52 bits per heavy atom. The third kappa shape index (κ3) is 3.03. The lowest BCUT2D eigenvalue weighted by molar-refractivity contribution is 0.352. The number of hydrogen-bond acceptors (Lipinski definition) is 7. The van der Waals surface area contributed by atoms with E-state index >= 15 is 0 Å². The van der Waals surface area contributed by atoms with Gasteiger partial charge in [0.15, 0.2) is 0 Å². The van der Waals surface area contributed by atoms with E-state index < -0.39 is 0 Å². The quantitative estimate of drug-likeness (QED) is 0.856. The fraction of sp³-hybridized carbons (Fsp3) is 0.357. The van der Waals surface area contributed by atoms with Gasteiger partial charge in [-0.15, -0.1) is 0 Å². The predicted octanol–water partition coefficient (Wildman–Crippen LogP) is 1.21. The molecular formula is C14H18N4O3. The maximum Gasteiger partial charge on any atom is 0.240 e. The Labute approximate surface area is 123 Å². The molecule has 2 aromatic heterocycles. The van der Waals surface area contributed by atoms with Crippen molar-refractivity contribution in [1.82, 2.24) is 20.3 Å². The second-order valence-corrected chi connectivity index (χ2v) is 4.15. The molecule has 1 atom stereocenters. The van der Waals surface area contributed by atoms with E-state index in [1.165, 1.54) is 7.11 Å². The standard InChI is InChI=1S/C14H18N4O3/c1-15-12(9-5-6-16-7-10(9)19-2)13-14(21-4)18-11(20-3)8-17-13/h5-8,12,15H,1-4H3. The molecule has 0 fully saturated rings. The van der Waals surface area contributed by atoms with Crippen LogP contribution >= 0.6 is 0 Å². The molecule has 0 saturated heterocycles. The summed E-state index contributed by atoms with van der Waals surface area (Å²) in [6.45, 7) is 0. The van der Waals surface area contributed by atoms with Gasteiger partial charge in [0.25, 0.3) is 0 Å². The predicted molar refractivity (Wildman–Crippen MR) is 76.8 cm³/mol. The average molecular weight is 290 g/mol. The molecule has 2 rings (SSSR count). The van der Waals surface area contributed by atoms with Crippen molar-refractivity contribution in [3.8, 4) is 17.5 Å². The molecule has 0 aromatic carbocycles. The normalized spacial score (nSPS) is 11.8. The molecule has 0 bridgehead atoms. The lowest BCUT2D eigenvalue weighted by atomic mass is 10.0. The number of rotatable bonds is 6. The van der Waals surface area contributed by atoms with Gasteiger partial charge in [0, 0.05) is 11.8 Å². The molecule has 0 aliphatic rings. The average Bonchev–Trinajstić information content (AvgIpc) is 2.56. The summed E-state index contributed by atoms with van der Waals surface area (Å²) in [6, 6.07) is 1.63. The Hall–Kier alpha value is -2.41. The number of nitrogens with zero attached hydrogens (tertiary/aromatic N) is 3. The molecule has 2 aromatic rings. The summed E-state index contributed by atoms with van der Waals surface area (Å²) >= 11 is 0. The lowest BCUT2D eigenvalue weighted by Gasteiger charge is -2.20. The smallest absolute Gasteiger partial charge is 0.240 e. The van der Waals surface area contributed by atoms with Crippen LogP contribution in [0.15, 0.2) is 24.7 Å². The number of nitrogens with one attached hydrogen (secondary N) is 1. The van der Waals surface area contributed by atoms with E-state index in [4.69, 9.17) is 14.2 Å². The van der Waals surface area contributed by atoms with E-state index in [0.29, 0.717) is 23.2 Å². The van der Waals surface area contributed by atoms with Crippen LogP contribution in [0, 0.1) is 0 Å². The van der Waals surface area contributed by atoms with Crippen LogP contribution in [0.5, 0.6) is 17.5 Å². The summed E-state index contributed by atoms with van der Waals surface area (Å²) < 4.78 is 15.7. The third-order valence-electron chi connectivity index (χ3n) is 3.06. The van der Waals surface area contributed by atoms with Crippen molar-refractivity contribution >= 4 is 0 Å². The van der Waals surface area contributed by atoms with Gasteiger partial charge in [0.1, 0.15) is 11.4 Å². The first-order chi connectivity index (χ1) is 10.2. The summed E-state index contributed by atoms with van der Waals surface area (Å²) in [5, 5.41) is 3.19. The van der Waals surface area contributed by atoms with Crippen LogP contribution in [0.4, 0.5) is 0 Å². The number of aromatic nitrogens is 3. The van der Waals surface area contributed by atoms with Gasteiger partial charge in [-0.1, -0.05) is 0 Å². The number of pyridine rings is 1. The molecule has 0 aliphatic heterocycles. The summed E-state index contributed by atoms with van der Waals surface area (Å²) in [7, 11) is 6.51. The van der Waals surface area contributed by atoms with Crippen LogP contribution in [-0.2, 0) is 0 Å². The molecule has 0 amide bonds. The number of ether oxygens (including phenoxy) is 3. The van der Waals surface area contributed by atoms with Gasteiger partial charge >= 0.3 is 0 Å². The van der Waals surface area contributed by atoms with Crippen LogP contribution in [-0.4, -0.2) is 43.3 Å². The van der Waals surface area contributed by atoms with Crippen LogP contribution in [0.2, 0.25) is 0 Å². The van der Waals surface area contributed by atoms with Crippen molar-refractivity contribution in [3.05, 3.63) is 35.9 Å². The Kier molecular flexibility index (Phi) is 4.89. The topological polar surface area (TPSA) is 78.4 Å². The fourth-order valence-corrected chi connectivity index (χ4v) is 2.05. The van der Waals surface area contributed by atoms with Crippen molar-refractivity contribution in [2.75, 3.05) is 28.4 Å². The second kappa shape index (κ2) is 6.85. The van der Waals surface area contributed by atoms with Crippen molar-refractivity contribution in [1.29, 1.82) is 0 Å². The SMILES string of the molecule is CNC(c1ccncc1OC)c1ncc(OC)nc1OC. The highest BCUT2D eigenvalue weighted by atomic mass is 16.5. The molecule has 0 saturated carbocycles. The van der Waals surface area contributed by atoms with Gasteiger partial charge in [0.05, 0.1) is 39.8 Å². The maximum absolute atomic E-state index is 5.35. The molecular weight excluding hydrogens is 272 g/mol. The molecule has 1 unspecified atom stereocenters. The van der Waals surface area contributed by atoms with E-state index in [1.54, 1.807) is 32.8 Å². The van der Waals surface area contributed by atoms with Crippen molar-refractivity contribution in [3.63, 3.8) is 0 Å². The van der Waals surface area contributed by atoms with Gasteiger partial charge < -0.3 is 19.5 Å². The molecule has 7 nitrogen and oxygen atoms in total. The number of methoxy groups -OCH3 is 3. The molecule has 7 heteroatoms. The Bertz CT molecular complexity index is 607. The zero-order chi connectivity index (χ0) is 15.2. The van der Waals surface area contributed by atoms with Crippen molar-refractivity contribution < 1.29 is 14.2 Å². The van der Waals surface area contributed by atoms with E-state index in [-0.39, 0.29) is 6.04 Å². The Morgan fingerprint density at radius 1 is 1.10 bits per heavy atom. The van der Waals surface area contributed by atoms with Gasteiger partial charge in [0.2, 0.25) is 11.8 Å². The Balaban J connectivity index is 2.51. The van der Waals surface area contributed by atoms with Gasteiger partial charge in [-0.25, -0.2) is 4.98 Å². The molecule has 1 N–H and O–H groups in total. The van der Waals surface area contributed by atoms with Gasteiger partial charge in [-0.3, -0.25) is 4.98 Å². The first-order valence-corrected chi connectivity index (χ1v) is 6.35. The monoisotopic (exact) mass is 290 g/mol. The highest BCUT2D eigenvalue weighted by Gasteiger charge is 2.23. The maximum atomic E-state index is 5.35. The highest BCUT2D eigenvalue weighted by Crippen LogP contribution is 2.32. The minimum absolute atomic E-state index is 0.240. The van der Waals surface area contributed by atoms with Crippen LogP contribution in [0.3, 0.4) is 0 Å². The first-order valence-electron chi connectivity index (χ1n) is 6.35. The summed E-state index contributed by atoms with van der Waals surface area (Å²) in [4.78, 5) is 12.7.